The van der Waals surface area contributed by atoms with Crippen LogP contribution >= 0.6 is 0 Å². The van der Waals surface area contributed by atoms with Crippen molar-refractivity contribution in [1.82, 2.24) is 14.9 Å². The van der Waals surface area contributed by atoms with Gasteiger partial charge in [-0.2, -0.15) is 5.26 Å². The lowest BCUT2D eigenvalue weighted by Crippen LogP contribution is -2.50. The molecule has 0 radical (unpaired) electrons. The number of piperazine rings is 1. The second-order valence-corrected chi connectivity index (χ2v) is 6.59. The van der Waals surface area contributed by atoms with E-state index in [2.05, 4.69) is 16.0 Å². The first-order valence-electron chi connectivity index (χ1n) is 7.74. The van der Waals surface area contributed by atoms with E-state index in [9.17, 15) is 10.1 Å². The van der Waals surface area contributed by atoms with Crippen LogP contribution in [0.15, 0.2) is 17.0 Å². The monoisotopic (exact) mass is 329 g/mol. The van der Waals surface area contributed by atoms with E-state index in [1.807, 2.05) is 25.7 Å². The Labute approximate surface area is 139 Å². The maximum Gasteiger partial charge on any atom is 0.410 e. The van der Waals surface area contributed by atoms with Crippen LogP contribution in [0.25, 0.3) is 11.1 Å². The number of fused-ring (bicyclic) bond motifs is 1. The zero-order chi connectivity index (χ0) is 17.3. The highest BCUT2D eigenvalue weighted by atomic mass is 16.6. The molecule has 0 aliphatic carbocycles. The number of carbonyl (C=O) groups is 1. The third-order valence-electron chi connectivity index (χ3n) is 3.70. The predicted octanol–water partition coefficient (Wildman–Crippen LogP) is 2.15. The fraction of sp³-hybridized carbons (Fsp3) is 0.500. The van der Waals surface area contributed by atoms with Crippen molar-refractivity contribution in [2.24, 2.45) is 0 Å². The molecule has 0 bridgehead atoms. The first kappa shape index (κ1) is 16.1. The standard InChI is InChI=1S/C16H19N5O3/c1-16(2,3)24-15(22)21-6-4-20(5-7-21)13-12-11(8-17)9-23-14(12)19-10-18-13/h9-10H,4-7H2,1-3H3. The summed E-state index contributed by atoms with van der Waals surface area (Å²) in [7, 11) is 0. The summed E-state index contributed by atoms with van der Waals surface area (Å²) in [5.74, 6) is 0.661. The van der Waals surface area contributed by atoms with Crippen LogP contribution in [-0.2, 0) is 4.74 Å². The van der Waals surface area contributed by atoms with Gasteiger partial charge in [-0.25, -0.2) is 14.8 Å². The number of hydrogen-bond acceptors (Lipinski definition) is 7. The molecule has 1 saturated heterocycles. The van der Waals surface area contributed by atoms with Crippen LogP contribution in [0.3, 0.4) is 0 Å². The molecule has 2 aromatic rings. The quantitative estimate of drug-likeness (QED) is 0.791. The predicted molar refractivity (Wildman–Crippen MR) is 86.5 cm³/mol. The van der Waals surface area contributed by atoms with Gasteiger partial charge in [0.25, 0.3) is 0 Å². The summed E-state index contributed by atoms with van der Waals surface area (Å²) in [5.41, 5.74) is 0.298. The molecule has 0 atom stereocenters. The number of aromatic nitrogens is 2. The lowest BCUT2D eigenvalue weighted by molar-refractivity contribution is 0.0240. The van der Waals surface area contributed by atoms with E-state index >= 15 is 0 Å². The second-order valence-electron chi connectivity index (χ2n) is 6.59. The minimum absolute atomic E-state index is 0.309. The Morgan fingerprint density at radius 2 is 2.00 bits per heavy atom. The fourth-order valence-corrected chi connectivity index (χ4v) is 2.61. The van der Waals surface area contributed by atoms with Gasteiger partial charge in [0, 0.05) is 26.2 Å². The number of anilines is 1. The minimum Gasteiger partial charge on any atom is -0.444 e. The summed E-state index contributed by atoms with van der Waals surface area (Å²) >= 11 is 0. The molecule has 0 N–H and O–H groups in total. The number of carbonyl (C=O) groups excluding carboxylic acids is 1. The van der Waals surface area contributed by atoms with Crippen LogP contribution in [0, 0.1) is 11.3 Å². The Morgan fingerprint density at radius 1 is 1.29 bits per heavy atom. The van der Waals surface area contributed by atoms with Gasteiger partial charge in [0.2, 0.25) is 5.71 Å². The zero-order valence-electron chi connectivity index (χ0n) is 13.9. The smallest absolute Gasteiger partial charge is 0.410 e. The number of nitrogens with zero attached hydrogens (tertiary/aromatic N) is 5. The fourth-order valence-electron chi connectivity index (χ4n) is 2.61. The summed E-state index contributed by atoms with van der Waals surface area (Å²) in [4.78, 5) is 24.2. The number of ether oxygens (including phenoxy) is 1. The average molecular weight is 329 g/mol. The van der Waals surface area contributed by atoms with Gasteiger partial charge >= 0.3 is 6.09 Å². The summed E-state index contributed by atoms with van der Waals surface area (Å²) in [6.45, 7) is 7.80. The van der Waals surface area contributed by atoms with E-state index in [4.69, 9.17) is 9.15 Å². The van der Waals surface area contributed by atoms with Gasteiger partial charge < -0.3 is 19.0 Å². The topological polar surface area (TPSA) is 95.5 Å². The average Bonchev–Trinajstić information content (AvgIpc) is 2.96. The Hall–Kier alpha value is -2.82. The highest BCUT2D eigenvalue weighted by Gasteiger charge is 2.27. The Morgan fingerprint density at radius 3 is 2.62 bits per heavy atom. The molecule has 8 nitrogen and oxygen atoms in total. The van der Waals surface area contributed by atoms with Gasteiger partial charge in [-0.05, 0) is 20.8 Å². The minimum atomic E-state index is -0.508. The molecule has 3 rings (SSSR count). The van der Waals surface area contributed by atoms with Gasteiger partial charge in [-0.3, -0.25) is 0 Å². The van der Waals surface area contributed by atoms with Crippen molar-refractivity contribution < 1.29 is 13.9 Å². The van der Waals surface area contributed by atoms with E-state index in [1.165, 1.54) is 12.6 Å². The number of amides is 1. The Kier molecular flexibility index (Phi) is 4.01. The molecule has 8 heteroatoms. The molecule has 2 aromatic heterocycles. The van der Waals surface area contributed by atoms with E-state index in [1.54, 1.807) is 4.90 Å². The van der Waals surface area contributed by atoms with Crippen LogP contribution in [0.5, 0.6) is 0 Å². The van der Waals surface area contributed by atoms with Gasteiger partial charge in [0.15, 0.2) is 0 Å². The Bertz CT molecular complexity index is 794. The maximum atomic E-state index is 12.1. The molecule has 0 aromatic carbocycles. The summed E-state index contributed by atoms with van der Waals surface area (Å²) < 4.78 is 10.7. The first-order chi connectivity index (χ1) is 11.4. The number of rotatable bonds is 1. The maximum absolute atomic E-state index is 12.1. The van der Waals surface area contributed by atoms with Crippen LogP contribution in [0.2, 0.25) is 0 Å². The molecule has 0 unspecified atom stereocenters. The van der Waals surface area contributed by atoms with Crippen molar-refractivity contribution in [2.75, 3.05) is 31.1 Å². The summed E-state index contributed by atoms with van der Waals surface area (Å²) in [6.07, 6.45) is 2.50. The molecule has 126 valence electrons. The normalized spacial score (nSPS) is 15.4. The Balaban J connectivity index is 1.75. The number of furan rings is 1. The van der Waals surface area contributed by atoms with E-state index in [0.717, 1.165) is 0 Å². The number of hydrogen-bond donors (Lipinski definition) is 0. The molecular weight excluding hydrogens is 310 g/mol. The van der Waals surface area contributed by atoms with Crippen LogP contribution in [0.1, 0.15) is 26.3 Å². The highest BCUT2D eigenvalue weighted by Crippen LogP contribution is 2.28. The second kappa shape index (κ2) is 6.00. The number of nitriles is 1. The van der Waals surface area contributed by atoms with Crippen LogP contribution < -0.4 is 4.90 Å². The van der Waals surface area contributed by atoms with Crippen molar-refractivity contribution in [3.05, 3.63) is 18.2 Å². The third kappa shape index (κ3) is 3.11. The lowest BCUT2D eigenvalue weighted by Gasteiger charge is -2.36. The summed E-state index contributed by atoms with van der Waals surface area (Å²) in [6, 6.07) is 2.10. The molecule has 1 aliphatic heterocycles. The molecule has 1 aliphatic rings. The molecule has 3 heterocycles. The largest absolute Gasteiger partial charge is 0.444 e. The highest BCUT2D eigenvalue weighted by molar-refractivity contribution is 5.91. The van der Waals surface area contributed by atoms with E-state index in [-0.39, 0.29) is 6.09 Å². The van der Waals surface area contributed by atoms with Gasteiger partial charge in [0.05, 0.1) is 0 Å². The molecular formula is C16H19N5O3. The van der Waals surface area contributed by atoms with Crippen molar-refractivity contribution in [3.8, 4) is 6.07 Å². The van der Waals surface area contributed by atoms with Crippen molar-refractivity contribution >= 4 is 23.0 Å². The molecule has 0 spiro atoms. The van der Waals surface area contributed by atoms with Crippen molar-refractivity contribution in [2.45, 2.75) is 26.4 Å². The molecule has 1 amide bonds. The first-order valence-corrected chi connectivity index (χ1v) is 7.74. The zero-order valence-corrected chi connectivity index (χ0v) is 13.9. The molecule has 0 saturated carbocycles. The SMILES string of the molecule is CC(C)(C)OC(=O)N1CCN(c2ncnc3occ(C#N)c23)CC1. The van der Waals surface area contributed by atoms with E-state index < -0.39 is 5.60 Å². The molecule has 1 fully saturated rings. The summed E-state index contributed by atoms with van der Waals surface area (Å²) in [5, 5.41) is 9.83. The lowest BCUT2D eigenvalue weighted by atomic mass is 10.2. The van der Waals surface area contributed by atoms with Crippen molar-refractivity contribution in [1.29, 1.82) is 5.26 Å². The third-order valence-corrected chi connectivity index (χ3v) is 3.70. The van der Waals surface area contributed by atoms with Crippen LogP contribution in [-0.4, -0.2) is 52.7 Å². The van der Waals surface area contributed by atoms with Crippen molar-refractivity contribution in [3.63, 3.8) is 0 Å². The van der Waals surface area contributed by atoms with Crippen LogP contribution in [0.4, 0.5) is 10.6 Å². The van der Waals surface area contributed by atoms with Gasteiger partial charge in [0.1, 0.15) is 41.0 Å². The van der Waals surface area contributed by atoms with Gasteiger partial charge in [-0.15, -0.1) is 0 Å². The van der Waals surface area contributed by atoms with Gasteiger partial charge in [-0.1, -0.05) is 0 Å². The molecule has 24 heavy (non-hydrogen) atoms. The van der Waals surface area contributed by atoms with E-state index in [0.29, 0.717) is 48.7 Å².